The van der Waals surface area contributed by atoms with Gasteiger partial charge in [0, 0.05) is 11.3 Å². The highest BCUT2D eigenvalue weighted by Gasteiger charge is 2.36. The number of hydrogen-bond acceptors (Lipinski definition) is 5. The Labute approximate surface area is 104 Å². The van der Waals surface area contributed by atoms with Crippen LogP contribution in [0.3, 0.4) is 0 Å². The topological polar surface area (TPSA) is 87.8 Å². The standard InChI is InChI=1S/C12H14N4O2/c1-7-10(14-2)12(18)16(15-7)11(17)8-3-5-9(13)6-4-8/h3-6,10,14H,13H2,1-2H3. The largest absolute Gasteiger partial charge is 0.399 e. The van der Waals surface area contributed by atoms with Gasteiger partial charge in [-0.05, 0) is 38.2 Å². The maximum absolute atomic E-state index is 12.1. The summed E-state index contributed by atoms with van der Waals surface area (Å²) in [5.74, 6) is -0.811. The molecule has 94 valence electrons. The first-order valence-corrected chi connectivity index (χ1v) is 5.51. The maximum Gasteiger partial charge on any atom is 0.281 e. The van der Waals surface area contributed by atoms with Crippen molar-refractivity contribution in [1.29, 1.82) is 0 Å². The molecule has 1 aromatic carbocycles. The lowest BCUT2D eigenvalue weighted by Gasteiger charge is -2.12. The van der Waals surface area contributed by atoms with Gasteiger partial charge < -0.3 is 11.1 Å². The predicted octanol–water partition coefficient (Wildman–Crippen LogP) is 0.215. The van der Waals surface area contributed by atoms with E-state index in [1.165, 1.54) is 0 Å². The minimum absolute atomic E-state index is 0.364. The lowest BCUT2D eigenvalue weighted by molar-refractivity contribution is -0.127. The van der Waals surface area contributed by atoms with Crippen LogP contribution in [0.4, 0.5) is 5.69 Å². The van der Waals surface area contributed by atoms with Crippen molar-refractivity contribution < 1.29 is 9.59 Å². The molecular formula is C12H14N4O2. The van der Waals surface area contributed by atoms with E-state index < -0.39 is 11.9 Å². The molecule has 0 saturated carbocycles. The minimum atomic E-state index is -0.525. The Hall–Kier alpha value is -2.21. The summed E-state index contributed by atoms with van der Waals surface area (Å²) in [6.07, 6.45) is 0. The second-order valence-corrected chi connectivity index (χ2v) is 4.04. The molecule has 3 N–H and O–H groups in total. The number of benzene rings is 1. The van der Waals surface area contributed by atoms with Gasteiger partial charge in [0.25, 0.3) is 11.8 Å². The van der Waals surface area contributed by atoms with E-state index >= 15 is 0 Å². The van der Waals surface area contributed by atoms with Crippen LogP contribution >= 0.6 is 0 Å². The van der Waals surface area contributed by atoms with Gasteiger partial charge in [0.1, 0.15) is 6.04 Å². The van der Waals surface area contributed by atoms with E-state index in [-0.39, 0.29) is 5.91 Å². The van der Waals surface area contributed by atoms with Gasteiger partial charge >= 0.3 is 0 Å². The molecule has 2 amide bonds. The van der Waals surface area contributed by atoms with Crippen molar-refractivity contribution in [2.45, 2.75) is 13.0 Å². The van der Waals surface area contributed by atoms with Crippen molar-refractivity contribution in [2.75, 3.05) is 12.8 Å². The lowest BCUT2D eigenvalue weighted by Crippen LogP contribution is -2.42. The predicted molar refractivity (Wildman–Crippen MR) is 68.0 cm³/mol. The zero-order chi connectivity index (χ0) is 13.3. The number of imide groups is 1. The molecule has 6 nitrogen and oxygen atoms in total. The Morgan fingerprint density at radius 1 is 1.39 bits per heavy atom. The highest BCUT2D eigenvalue weighted by atomic mass is 16.2. The van der Waals surface area contributed by atoms with E-state index in [0.717, 1.165) is 5.01 Å². The van der Waals surface area contributed by atoms with Gasteiger partial charge in [-0.3, -0.25) is 9.59 Å². The van der Waals surface area contributed by atoms with Gasteiger partial charge in [-0.25, -0.2) is 0 Å². The monoisotopic (exact) mass is 246 g/mol. The zero-order valence-corrected chi connectivity index (χ0v) is 10.2. The van der Waals surface area contributed by atoms with Gasteiger partial charge in [-0.1, -0.05) is 0 Å². The molecule has 18 heavy (non-hydrogen) atoms. The summed E-state index contributed by atoms with van der Waals surface area (Å²) in [6, 6.07) is 5.84. The number of nitrogens with zero attached hydrogens (tertiary/aromatic N) is 2. The van der Waals surface area contributed by atoms with Crippen LogP contribution in [0.2, 0.25) is 0 Å². The molecule has 1 atom stereocenters. The SMILES string of the molecule is CNC1C(=O)N(C(=O)c2ccc(N)cc2)N=C1C. The molecule has 6 heteroatoms. The van der Waals surface area contributed by atoms with Crippen LogP contribution in [-0.4, -0.2) is 35.6 Å². The van der Waals surface area contributed by atoms with E-state index in [2.05, 4.69) is 10.4 Å². The normalized spacial score (nSPS) is 19.0. The number of nitrogens with two attached hydrogens (primary N) is 1. The molecule has 1 heterocycles. The number of carbonyl (C=O) groups excluding carboxylic acids is 2. The summed E-state index contributed by atoms with van der Waals surface area (Å²) in [5, 5.41) is 7.68. The molecule has 0 spiro atoms. The van der Waals surface area contributed by atoms with E-state index in [4.69, 9.17) is 5.73 Å². The van der Waals surface area contributed by atoms with E-state index in [1.807, 2.05) is 0 Å². The van der Waals surface area contributed by atoms with Gasteiger partial charge in [-0.15, -0.1) is 0 Å². The summed E-state index contributed by atoms with van der Waals surface area (Å²) >= 11 is 0. The van der Waals surface area contributed by atoms with Crippen molar-refractivity contribution in [3.8, 4) is 0 Å². The molecule has 0 aromatic heterocycles. The summed E-state index contributed by atoms with van der Waals surface area (Å²) in [5.41, 5.74) is 7.06. The van der Waals surface area contributed by atoms with Crippen molar-refractivity contribution >= 4 is 23.2 Å². The first kappa shape index (κ1) is 12.3. The second-order valence-electron chi connectivity index (χ2n) is 4.04. The number of hydrazone groups is 1. The first-order valence-electron chi connectivity index (χ1n) is 5.51. The third-order valence-corrected chi connectivity index (χ3v) is 2.77. The van der Waals surface area contributed by atoms with Crippen molar-refractivity contribution in [2.24, 2.45) is 5.10 Å². The molecule has 0 aliphatic carbocycles. The average Bonchev–Trinajstić information content (AvgIpc) is 2.64. The van der Waals surface area contributed by atoms with Crippen LogP contribution < -0.4 is 11.1 Å². The smallest absolute Gasteiger partial charge is 0.281 e. The third kappa shape index (κ3) is 1.98. The highest BCUT2D eigenvalue weighted by molar-refractivity contribution is 6.18. The van der Waals surface area contributed by atoms with Crippen LogP contribution in [0.1, 0.15) is 17.3 Å². The fraction of sp³-hybridized carbons (Fsp3) is 0.250. The Kier molecular flexibility index (Phi) is 3.12. The van der Waals surface area contributed by atoms with Crippen molar-refractivity contribution in [1.82, 2.24) is 10.3 Å². The summed E-state index contributed by atoms with van der Waals surface area (Å²) in [4.78, 5) is 24.0. The Morgan fingerprint density at radius 2 is 2.00 bits per heavy atom. The number of nitrogen functional groups attached to an aromatic ring is 1. The number of rotatable bonds is 2. The van der Waals surface area contributed by atoms with Crippen LogP contribution in [0.5, 0.6) is 0 Å². The maximum atomic E-state index is 12.1. The Bertz CT molecular complexity index is 521. The lowest BCUT2D eigenvalue weighted by atomic mass is 10.1. The van der Waals surface area contributed by atoms with Crippen molar-refractivity contribution in [3.63, 3.8) is 0 Å². The van der Waals surface area contributed by atoms with Gasteiger partial charge in [0.15, 0.2) is 0 Å². The summed E-state index contributed by atoms with van der Waals surface area (Å²) in [7, 11) is 1.65. The highest BCUT2D eigenvalue weighted by Crippen LogP contribution is 2.15. The van der Waals surface area contributed by atoms with Crippen LogP contribution in [0, 0.1) is 0 Å². The van der Waals surface area contributed by atoms with Gasteiger partial charge in [0.05, 0.1) is 5.71 Å². The molecule has 1 unspecified atom stereocenters. The molecule has 1 aliphatic heterocycles. The fourth-order valence-corrected chi connectivity index (χ4v) is 1.79. The number of amides is 2. The van der Waals surface area contributed by atoms with Crippen LogP contribution in [-0.2, 0) is 4.79 Å². The quantitative estimate of drug-likeness (QED) is 0.577. The number of likely N-dealkylation sites (N-methyl/N-ethyl adjacent to an activating group) is 1. The summed E-state index contributed by atoms with van der Waals surface area (Å²) < 4.78 is 0. The van der Waals surface area contributed by atoms with Crippen LogP contribution in [0.15, 0.2) is 29.4 Å². The second kappa shape index (κ2) is 4.58. The molecule has 0 saturated heterocycles. The molecule has 0 radical (unpaired) electrons. The molecule has 0 fully saturated rings. The first-order chi connectivity index (χ1) is 8.54. The number of carbonyl (C=O) groups is 2. The van der Waals surface area contributed by atoms with Crippen molar-refractivity contribution in [3.05, 3.63) is 29.8 Å². The summed E-state index contributed by atoms with van der Waals surface area (Å²) in [6.45, 7) is 1.70. The number of anilines is 1. The van der Waals surface area contributed by atoms with Crippen LogP contribution in [0.25, 0.3) is 0 Å². The fourth-order valence-electron chi connectivity index (χ4n) is 1.79. The molecule has 2 rings (SSSR count). The Balaban J connectivity index is 2.26. The average molecular weight is 246 g/mol. The van der Waals surface area contributed by atoms with Gasteiger partial charge in [0.2, 0.25) is 0 Å². The Morgan fingerprint density at radius 3 is 2.50 bits per heavy atom. The molecule has 1 aliphatic rings. The third-order valence-electron chi connectivity index (χ3n) is 2.77. The molecule has 1 aromatic rings. The van der Waals surface area contributed by atoms with Gasteiger partial charge in [-0.2, -0.15) is 10.1 Å². The minimum Gasteiger partial charge on any atom is -0.399 e. The van der Waals surface area contributed by atoms with E-state index in [9.17, 15) is 9.59 Å². The number of hydrogen-bond donors (Lipinski definition) is 2. The zero-order valence-electron chi connectivity index (χ0n) is 10.2. The number of nitrogens with one attached hydrogen (secondary N) is 1. The van der Waals surface area contributed by atoms with E-state index in [1.54, 1.807) is 38.2 Å². The van der Waals surface area contributed by atoms with E-state index in [0.29, 0.717) is 17.0 Å². The molecule has 0 bridgehead atoms. The molecular weight excluding hydrogens is 232 g/mol.